The molecule has 1 unspecified atom stereocenters. The Labute approximate surface area is 202 Å². The minimum Gasteiger partial charge on any atom is -0.480 e. The van der Waals surface area contributed by atoms with E-state index in [0.29, 0.717) is 0 Å². The number of nitrogens with one attached hydrogen (secondary N) is 2. The van der Waals surface area contributed by atoms with E-state index >= 15 is 0 Å². The van der Waals surface area contributed by atoms with Crippen LogP contribution in [0, 0.1) is 6.92 Å². The number of rotatable bonds is 10. The summed E-state index contributed by atoms with van der Waals surface area (Å²) >= 11 is 0. The molecular formula is C19H23N6O10P. The third kappa shape index (κ3) is 5.66. The topological polar surface area (TPSA) is 238 Å². The molecule has 1 saturated heterocycles. The molecule has 2 aromatic rings. The number of aromatic amines is 1. The summed E-state index contributed by atoms with van der Waals surface area (Å²) in [6, 6.07) is 6.15. The molecule has 0 amide bonds. The first-order valence-corrected chi connectivity index (χ1v) is 11.9. The smallest absolute Gasteiger partial charge is 0.459 e. The molecule has 0 spiro atoms. The van der Waals surface area contributed by atoms with Gasteiger partial charge in [0, 0.05) is 16.7 Å². The molecule has 6 atom stereocenters. The first-order chi connectivity index (χ1) is 16.9. The summed E-state index contributed by atoms with van der Waals surface area (Å²) in [5.74, 6) is -1.36. The quantitative estimate of drug-likeness (QED) is 0.123. The Morgan fingerprint density at radius 3 is 2.67 bits per heavy atom. The second-order valence-electron chi connectivity index (χ2n) is 7.82. The molecule has 5 N–H and O–H groups in total. The summed E-state index contributed by atoms with van der Waals surface area (Å²) in [5.41, 5.74) is 5.05. The number of aliphatic hydroxyl groups excluding tert-OH is 2. The van der Waals surface area contributed by atoms with Gasteiger partial charge in [-0.1, -0.05) is 23.3 Å². The van der Waals surface area contributed by atoms with Gasteiger partial charge in [-0.05, 0) is 31.5 Å². The van der Waals surface area contributed by atoms with Gasteiger partial charge in [0.25, 0.3) is 5.56 Å². The van der Waals surface area contributed by atoms with Crippen LogP contribution >= 0.6 is 7.75 Å². The molecule has 0 radical (unpaired) electrons. The maximum absolute atomic E-state index is 13.4. The molecule has 0 saturated carbocycles. The van der Waals surface area contributed by atoms with Crippen LogP contribution in [0.5, 0.6) is 5.75 Å². The minimum absolute atomic E-state index is 0.0322. The summed E-state index contributed by atoms with van der Waals surface area (Å²) in [4.78, 5) is 39.9. The number of H-pyrrole nitrogens is 1. The number of carboxylic acids is 1. The number of hydrogen-bond acceptors (Lipinski definition) is 10. The van der Waals surface area contributed by atoms with Gasteiger partial charge >= 0.3 is 19.4 Å². The van der Waals surface area contributed by atoms with Crippen molar-refractivity contribution >= 4 is 13.7 Å². The molecule has 3 rings (SSSR count). The highest BCUT2D eigenvalue weighted by molar-refractivity contribution is 7.52. The highest BCUT2D eigenvalue weighted by Crippen LogP contribution is 2.48. The second-order valence-corrected chi connectivity index (χ2v) is 9.51. The number of aliphatic carboxylic acids is 1. The average Bonchev–Trinajstić information content (AvgIpc) is 3.06. The van der Waals surface area contributed by atoms with E-state index in [2.05, 4.69) is 15.1 Å². The third-order valence-corrected chi connectivity index (χ3v) is 6.79. The summed E-state index contributed by atoms with van der Waals surface area (Å²) in [7, 11) is -4.53. The van der Waals surface area contributed by atoms with Crippen LogP contribution in [0.1, 0.15) is 18.7 Å². The Bertz CT molecular complexity index is 1330. The van der Waals surface area contributed by atoms with Crippen molar-refractivity contribution in [3.8, 4) is 5.75 Å². The Morgan fingerprint density at radius 1 is 1.39 bits per heavy atom. The minimum atomic E-state index is -4.53. The molecule has 1 aromatic heterocycles. The van der Waals surface area contributed by atoms with Crippen LogP contribution < -0.4 is 20.9 Å². The van der Waals surface area contributed by atoms with Gasteiger partial charge in [-0.25, -0.2) is 9.36 Å². The molecule has 16 nitrogen and oxygen atoms in total. The summed E-state index contributed by atoms with van der Waals surface area (Å²) in [5, 5.41) is 36.1. The van der Waals surface area contributed by atoms with Gasteiger partial charge in [0.05, 0.1) is 6.61 Å². The van der Waals surface area contributed by atoms with E-state index in [1.54, 1.807) is 18.2 Å². The molecule has 17 heteroatoms. The van der Waals surface area contributed by atoms with E-state index in [1.807, 2.05) is 4.98 Å². The van der Waals surface area contributed by atoms with Crippen molar-refractivity contribution in [3.63, 3.8) is 0 Å². The van der Waals surface area contributed by atoms with Crippen molar-refractivity contribution < 1.29 is 38.5 Å². The fourth-order valence-electron chi connectivity index (χ4n) is 3.25. The van der Waals surface area contributed by atoms with Crippen LogP contribution in [0.2, 0.25) is 0 Å². The number of azide groups is 1. The van der Waals surface area contributed by atoms with E-state index in [0.717, 1.165) is 10.8 Å². The first kappa shape index (κ1) is 27.1. The van der Waals surface area contributed by atoms with Crippen LogP contribution in [-0.4, -0.2) is 61.4 Å². The Balaban J connectivity index is 1.94. The molecule has 1 aromatic carbocycles. The number of aliphatic hydroxyl groups is 2. The van der Waals surface area contributed by atoms with Crippen molar-refractivity contribution in [2.24, 2.45) is 5.11 Å². The normalized spacial score (nSPS) is 25.9. The number of ether oxygens (including phenoxy) is 1. The van der Waals surface area contributed by atoms with E-state index in [1.165, 1.54) is 26.0 Å². The number of para-hydroxylation sites is 1. The summed E-state index contributed by atoms with van der Waals surface area (Å²) < 4.78 is 30.4. The Morgan fingerprint density at radius 2 is 2.06 bits per heavy atom. The van der Waals surface area contributed by atoms with Gasteiger partial charge in [0.2, 0.25) is 5.72 Å². The van der Waals surface area contributed by atoms with Gasteiger partial charge in [0.15, 0.2) is 6.23 Å². The molecule has 0 bridgehead atoms. The van der Waals surface area contributed by atoms with E-state index in [4.69, 9.17) is 19.3 Å². The molecule has 2 heterocycles. The average molecular weight is 526 g/mol. The van der Waals surface area contributed by atoms with Crippen LogP contribution in [0.25, 0.3) is 10.4 Å². The number of carbonyl (C=O) groups is 1. The fourth-order valence-corrected chi connectivity index (χ4v) is 4.77. The van der Waals surface area contributed by atoms with Gasteiger partial charge in [-0.2, -0.15) is 5.09 Å². The standard InChI is InChI=1S/C19H23N6O10P/c1-10-8-25(18(31)21-15(10)28)16-13(26)14(27)19(34-16,23-24-20)9-33-36(32,22-11(2)17(29)30)35-12-6-4-3-5-7-12/h3-8,11,13-14,16,26-27H,9H2,1-2H3,(H,22,32)(H,29,30)(H,21,28,31)/t11-,13+,14-,16+,19+,36?/m0/s1. The molecular weight excluding hydrogens is 503 g/mol. The van der Waals surface area contributed by atoms with Crippen molar-refractivity contribution in [1.82, 2.24) is 14.6 Å². The van der Waals surface area contributed by atoms with Crippen LogP contribution in [0.3, 0.4) is 0 Å². The van der Waals surface area contributed by atoms with Crippen molar-refractivity contribution in [1.29, 1.82) is 0 Å². The molecule has 1 aliphatic heterocycles. The lowest BCUT2D eigenvalue weighted by atomic mass is 10.1. The van der Waals surface area contributed by atoms with Crippen molar-refractivity contribution in [3.05, 3.63) is 73.4 Å². The van der Waals surface area contributed by atoms with Crippen LogP contribution in [0.15, 0.2) is 51.2 Å². The van der Waals surface area contributed by atoms with E-state index in [-0.39, 0.29) is 11.3 Å². The van der Waals surface area contributed by atoms with Gasteiger partial charge in [-0.3, -0.25) is 23.7 Å². The number of hydrogen-bond donors (Lipinski definition) is 5. The van der Waals surface area contributed by atoms with Gasteiger partial charge in [-0.15, -0.1) is 0 Å². The van der Waals surface area contributed by atoms with E-state index in [9.17, 15) is 34.3 Å². The Hall–Kier alpha value is -3.49. The zero-order valence-corrected chi connectivity index (χ0v) is 19.8. The molecule has 36 heavy (non-hydrogen) atoms. The third-order valence-electron chi connectivity index (χ3n) is 5.17. The predicted molar refractivity (Wildman–Crippen MR) is 121 cm³/mol. The summed E-state index contributed by atoms with van der Waals surface area (Å²) in [6.07, 6.45) is -4.48. The highest BCUT2D eigenvalue weighted by atomic mass is 31.2. The number of carboxylic acid groups (broad SMARTS) is 1. The SMILES string of the molecule is Cc1cn([C@@H]2O[C@@](COP(=O)(N[C@@H](C)C(=O)O)Oc3ccccc3)(N=[N+]=[N-])[C@@H](O)[C@H]2O)c(=O)[nH]c1=O. The lowest BCUT2D eigenvalue weighted by molar-refractivity contribution is -0.138. The monoisotopic (exact) mass is 526 g/mol. The molecule has 0 aliphatic carbocycles. The van der Waals surface area contributed by atoms with Crippen molar-refractivity contribution in [2.45, 2.75) is 44.1 Å². The largest absolute Gasteiger partial charge is 0.480 e. The fraction of sp³-hybridized carbons (Fsp3) is 0.421. The number of aryl methyl sites for hydroxylation is 1. The van der Waals surface area contributed by atoms with Crippen LogP contribution in [0.4, 0.5) is 0 Å². The van der Waals surface area contributed by atoms with Gasteiger partial charge in [0.1, 0.15) is 24.0 Å². The molecule has 1 aliphatic rings. The zero-order valence-electron chi connectivity index (χ0n) is 18.9. The van der Waals surface area contributed by atoms with Crippen molar-refractivity contribution in [2.75, 3.05) is 6.61 Å². The predicted octanol–water partition coefficient (Wildman–Crippen LogP) is 0.369. The molecule has 194 valence electrons. The maximum Gasteiger partial charge on any atom is 0.459 e. The lowest BCUT2D eigenvalue weighted by Crippen LogP contribution is -2.45. The number of aromatic nitrogens is 2. The Kier molecular flexibility index (Phi) is 8.01. The maximum atomic E-state index is 13.4. The zero-order chi connectivity index (χ0) is 26.7. The number of nitrogens with zero attached hydrogens (tertiary/aromatic N) is 4. The highest BCUT2D eigenvalue weighted by Gasteiger charge is 2.56. The molecule has 1 fully saturated rings. The second kappa shape index (κ2) is 10.6. The van der Waals surface area contributed by atoms with Gasteiger partial charge < -0.3 is 24.6 Å². The van der Waals surface area contributed by atoms with Crippen LogP contribution in [-0.2, 0) is 18.6 Å². The number of benzene rings is 1. The summed E-state index contributed by atoms with van der Waals surface area (Å²) in [6.45, 7) is 1.54. The lowest BCUT2D eigenvalue weighted by Gasteiger charge is -2.29. The first-order valence-electron chi connectivity index (χ1n) is 10.3. The van der Waals surface area contributed by atoms with E-state index < -0.39 is 61.8 Å².